The van der Waals surface area contributed by atoms with Gasteiger partial charge in [0.05, 0.1) is 0 Å². The lowest BCUT2D eigenvalue weighted by Crippen LogP contribution is -2.84. The fourth-order valence-corrected chi connectivity index (χ4v) is 5.32. The quantitative estimate of drug-likeness (QED) is 0.313. The lowest BCUT2D eigenvalue weighted by atomic mass is 9.51. The van der Waals surface area contributed by atoms with Crippen molar-refractivity contribution in [1.82, 2.24) is 4.90 Å². The monoisotopic (exact) mass is 466 g/mol. The van der Waals surface area contributed by atoms with E-state index in [-0.39, 0.29) is 13.0 Å². The van der Waals surface area contributed by atoms with E-state index in [0.717, 1.165) is 0 Å². The molecule has 0 radical (unpaired) electrons. The number of urea groups is 1. The molecule has 1 aliphatic heterocycles. The van der Waals surface area contributed by atoms with Crippen LogP contribution in [0.1, 0.15) is 17.0 Å². The number of carbonyl (C=O) groups is 5. The van der Waals surface area contributed by atoms with Crippen molar-refractivity contribution in [3.05, 3.63) is 71.8 Å². The van der Waals surface area contributed by atoms with E-state index in [1.165, 1.54) is 0 Å². The Morgan fingerprint density at radius 3 is 1.62 bits per heavy atom. The number of piperidine rings is 1. The van der Waals surface area contributed by atoms with Crippen LogP contribution in [0.5, 0.6) is 0 Å². The molecule has 0 spiro atoms. The Labute approximate surface area is 195 Å². The van der Waals surface area contributed by atoms with Crippen molar-refractivity contribution in [1.29, 1.82) is 0 Å². The van der Waals surface area contributed by atoms with Crippen LogP contribution in [0.25, 0.3) is 0 Å². The number of amides is 6. The van der Waals surface area contributed by atoms with Crippen molar-refractivity contribution in [2.75, 3.05) is 6.54 Å². The van der Waals surface area contributed by atoms with E-state index in [0.29, 0.717) is 16.0 Å². The Kier molecular flexibility index (Phi) is 6.31. The molecule has 0 saturated carbocycles. The van der Waals surface area contributed by atoms with E-state index < -0.39 is 52.4 Å². The first-order valence-electron chi connectivity index (χ1n) is 10.4. The van der Waals surface area contributed by atoms with Gasteiger partial charge in [0, 0.05) is 12.5 Å². The number of rotatable bonds is 7. The molecule has 34 heavy (non-hydrogen) atoms. The highest BCUT2D eigenvalue weighted by Gasteiger charge is 2.77. The van der Waals surface area contributed by atoms with Crippen LogP contribution in [0.4, 0.5) is 4.79 Å². The molecule has 1 saturated heterocycles. The molecular weight excluding hydrogens is 440 g/mol. The summed E-state index contributed by atoms with van der Waals surface area (Å²) in [6, 6.07) is 16.0. The van der Waals surface area contributed by atoms with Crippen molar-refractivity contribution >= 4 is 29.7 Å². The number of hydrogen-bond acceptors (Lipinski definition) is 5. The number of nitrogens with two attached hydrogens (primary N) is 5. The normalized spacial score (nSPS) is 20.8. The van der Waals surface area contributed by atoms with Crippen molar-refractivity contribution in [3.8, 4) is 0 Å². The molecule has 2 aromatic carbocycles. The maximum Gasteiger partial charge on any atom is 0.316 e. The van der Waals surface area contributed by atoms with Gasteiger partial charge in [0.2, 0.25) is 17.4 Å². The maximum atomic E-state index is 13.2. The Balaban J connectivity index is 2.47. The van der Waals surface area contributed by atoms with Crippen LogP contribution in [0, 0.1) is 11.3 Å². The van der Waals surface area contributed by atoms with E-state index >= 15 is 0 Å². The number of carbonyl (C=O) groups excluding carboxylic acids is 5. The fraction of sp³-hybridized carbons (Fsp3) is 0.261. The number of nitrogens with zero attached hydrogens (tertiary/aromatic N) is 1. The molecule has 0 bridgehead atoms. The van der Waals surface area contributed by atoms with Crippen LogP contribution >= 0.6 is 0 Å². The zero-order valence-electron chi connectivity index (χ0n) is 18.2. The predicted molar refractivity (Wildman–Crippen MR) is 121 cm³/mol. The van der Waals surface area contributed by atoms with Gasteiger partial charge in [-0.1, -0.05) is 60.7 Å². The van der Waals surface area contributed by atoms with Crippen LogP contribution in [0.3, 0.4) is 0 Å². The summed E-state index contributed by atoms with van der Waals surface area (Å²) in [4.78, 5) is 65.5. The third kappa shape index (κ3) is 3.33. The molecule has 1 aliphatic rings. The van der Waals surface area contributed by atoms with Crippen LogP contribution < -0.4 is 28.7 Å². The molecule has 3 rings (SSSR count). The molecule has 1 fully saturated rings. The highest BCUT2D eigenvalue weighted by atomic mass is 16.2. The van der Waals surface area contributed by atoms with Gasteiger partial charge in [-0.15, -0.1) is 0 Å². The van der Waals surface area contributed by atoms with Gasteiger partial charge in [-0.25, -0.2) is 4.79 Å². The largest absolute Gasteiger partial charge is 0.369 e. The molecule has 11 heteroatoms. The van der Waals surface area contributed by atoms with Gasteiger partial charge in [0.25, 0.3) is 11.8 Å². The number of benzene rings is 2. The van der Waals surface area contributed by atoms with Crippen LogP contribution in [-0.2, 0) is 25.6 Å². The standard InChI is InChI=1S/C23H26N6O5/c24-17(30)22(18(25)31)16(11-13-7-3-1-4-8-13)15(14-9-5-2-6-10-14)12-29(21(28)34)23(22,19(26)32)20(27)33/h1-10,15-16H,11-12H2,(H2,24,30)(H2,25,31)(H2,26,32)(H2,27,33)(H2,28,34). The zero-order chi connectivity index (χ0) is 25.3. The predicted octanol–water partition coefficient (Wildman–Crippen LogP) is -1.31. The van der Waals surface area contributed by atoms with Crippen LogP contribution in [0.15, 0.2) is 60.7 Å². The van der Waals surface area contributed by atoms with Crippen molar-refractivity contribution in [3.63, 3.8) is 0 Å². The summed E-state index contributed by atoms with van der Waals surface area (Å²) in [5, 5.41) is 0. The fourth-order valence-electron chi connectivity index (χ4n) is 5.32. The SMILES string of the molecule is NC(=O)N1CC(c2ccccc2)C(Cc2ccccc2)C(C(N)=O)(C(N)=O)C1(C(N)=O)C(N)=O. The summed E-state index contributed by atoms with van der Waals surface area (Å²) in [5.74, 6) is -7.93. The van der Waals surface area contributed by atoms with Gasteiger partial charge in [-0.3, -0.25) is 19.2 Å². The van der Waals surface area contributed by atoms with Gasteiger partial charge in [-0.2, -0.15) is 0 Å². The Hall–Kier alpha value is -4.41. The second kappa shape index (κ2) is 8.85. The molecule has 0 aromatic heterocycles. The minimum absolute atomic E-state index is 0.0266. The highest BCUT2D eigenvalue weighted by molar-refractivity contribution is 6.23. The summed E-state index contributed by atoms with van der Waals surface area (Å²) in [5.41, 5.74) is 23.7. The van der Waals surface area contributed by atoms with Crippen LogP contribution in [-0.4, -0.2) is 46.6 Å². The second-order valence-corrected chi connectivity index (χ2v) is 8.24. The van der Waals surface area contributed by atoms with E-state index in [1.54, 1.807) is 60.7 Å². The summed E-state index contributed by atoms with van der Waals surface area (Å²) in [6.45, 7) is -0.356. The molecule has 2 unspecified atom stereocenters. The lowest BCUT2D eigenvalue weighted by Gasteiger charge is -2.57. The van der Waals surface area contributed by atoms with Gasteiger partial charge < -0.3 is 33.6 Å². The molecule has 0 aliphatic carbocycles. The third-order valence-corrected chi connectivity index (χ3v) is 6.68. The molecule has 2 aromatic rings. The minimum atomic E-state index is -3.03. The van der Waals surface area contributed by atoms with Crippen molar-refractivity contribution in [2.24, 2.45) is 40.0 Å². The smallest absolute Gasteiger partial charge is 0.316 e. The molecule has 1 heterocycles. The van der Waals surface area contributed by atoms with Gasteiger partial charge in [0.15, 0.2) is 5.41 Å². The number of hydrogen-bond donors (Lipinski definition) is 5. The summed E-state index contributed by atoms with van der Waals surface area (Å²) >= 11 is 0. The molecular formula is C23H26N6O5. The lowest BCUT2D eigenvalue weighted by molar-refractivity contribution is -0.178. The Bertz CT molecular complexity index is 1110. The summed E-state index contributed by atoms with van der Waals surface area (Å²) < 4.78 is 0. The number of primary amides is 5. The summed E-state index contributed by atoms with van der Waals surface area (Å²) in [7, 11) is 0. The minimum Gasteiger partial charge on any atom is -0.369 e. The zero-order valence-corrected chi connectivity index (χ0v) is 18.2. The molecule has 10 N–H and O–H groups in total. The van der Waals surface area contributed by atoms with Gasteiger partial charge >= 0.3 is 6.03 Å². The highest BCUT2D eigenvalue weighted by Crippen LogP contribution is 2.54. The third-order valence-electron chi connectivity index (χ3n) is 6.68. The average Bonchev–Trinajstić information content (AvgIpc) is 2.78. The molecule has 2 atom stereocenters. The topological polar surface area (TPSA) is 219 Å². The molecule has 178 valence electrons. The van der Waals surface area contributed by atoms with Crippen molar-refractivity contribution < 1.29 is 24.0 Å². The molecule has 6 amide bonds. The maximum absolute atomic E-state index is 13.2. The Morgan fingerprint density at radius 1 is 0.735 bits per heavy atom. The second-order valence-electron chi connectivity index (χ2n) is 8.24. The first-order chi connectivity index (χ1) is 16.0. The van der Waals surface area contributed by atoms with E-state index in [2.05, 4.69) is 0 Å². The van der Waals surface area contributed by atoms with Crippen molar-refractivity contribution in [2.45, 2.75) is 17.9 Å². The van der Waals surface area contributed by atoms with Crippen LogP contribution in [0.2, 0.25) is 0 Å². The van der Waals surface area contributed by atoms with E-state index in [1.807, 2.05) is 0 Å². The van der Waals surface area contributed by atoms with E-state index in [9.17, 15) is 24.0 Å². The average molecular weight is 466 g/mol. The molecule has 11 nitrogen and oxygen atoms in total. The van der Waals surface area contributed by atoms with Gasteiger partial charge in [0.1, 0.15) is 0 Å². The number of likely N-dealkylation sites (tertiary alicyclic amines) is 1. The van der Waals surface area contributed by atoms with E-state index in [4.69, 9.17) is 28.7 Å². The summed E-state index contributed by atoms with van der Waals surface area (Å²) in [6.07, 6.45) is -0.0266. The van der Waals surface area contributed by atoms with Gasteiger partial charge in [-0.05, 0) is 23.5 Å². The Morgan fingerprint density at radius 2 is 1.21 bits per heavy atom. The first kappa shape index (κ1) is 24.2. The first-order valence-corrected chi connectivity index (χ1v) is 10.4.